The Morgan fingerprint density at radius 2 is 2.21 bits per heavy atom. The standard InChI is InChI=1S/C10H10ClNOS/c1-2-13-10-4-6-3-8(12)7(11)5-9(6)14-10/h3-5H,2,12H2,1H3. The van der Waals surface area contributed by atoms with Crippen LogP contribution in [-0.2, 0) is 0 Å². The molecule has 0 spiro atoms. The molecule has 2 nitrogen and oxygen atoms in total. The molecule has 1 aromatic carbocycles. The summed E-state index contributed by atoms with van der Waals surface area (Å²) in [6, 6.07) is 5.73. The van der Waals surface area contributed by atoms with E-state index in [0.717, 1.165) is 15.1 Å². The number of rotatable bonds is 2. The van der Waals surface area contributed by atoms with Gasteiger partial charge in [-0.3, -0.25) is 0 Å². The molecule has 0 atom stereocenters. The van der Waals surface area contributed by atoms with Crippen LogP contribution in [0.2, 0.25) is 5.02 Å². The van der Waals surface area contributed by atoms with Gasteiger partial charge in [0.15, 0.2) is 5.06 Å². The van der Waals surface area contributed by atoms with Crippen molar-refractivity contribution in [1.82, 2.24) is 0 Å². The molecule has 4 heteroatoms. The second-order valence-electron chi connectivity index (χ2n) is 2.91. The van der Waals surface area contributed by atoms with Gasteiger partial charge >= 0.3 is 0 Å². The number of halogens is 1. The predicted molar refractivity (Wildman–Crippen MR) is 62.4 cm³/mol. The lowest BCUT2D eigenvalue weighted by Crippen LogP contribution is -1.86. The van der Waals surface area contributed by atoms with Gasteiger partial charge in [-0.15, -0.1) is 0 Å². The van der Waals surface area contributed by atoms with E-state index < -0.39 is 0 Å². The van der Waals surface area contributed by atoms with Gasteiger partial charge in [-0.25, -0.2) is 0 Å². The fourth-order valence-corrected chi connectivity index (χ4v) is 2.49. The van der Waals surface area contributed by atoms with E-state index in [2.05, 4.69) is 0 Å². The molecule has 0 saturated heterocycles. The normalized spacial score (nSPS) is 10.7. The van der Waals surface area contributed by atoms with E-state index >= 15 is 0 Å². The maximum atomic E-state index is 5.91. The summed E-state index contributed by atoms with van der Waals surface area (Å²) in [7, 11) is 0. The Bertz CT molecular complexity index is 427. The SMILES string of the molecule is CCOc1cc2cc(N)c(Cl)cc2s1. The number of hydrogen-bond donors (Lipinski definition) is 1. The summed E-state index contributed by atoms with van der Waals surface area (Å²) >= 11 is 7.50. The van der Waals surface area contributed by atoms with Crippen molar-refractivity contribution in [2.45, 2.75) is 6.92 Å². The third kappa shape index (κ3) is 1.65. The number of hydrogen-bond acceptors (Lipinski definition) is 3. The fraction of sp³-hybridized carbons (Fsp3) is 0.200. The molecule has 0 saturated carbocycles. The van der Waals surface area contributed by atoms with E-state index in [0.29, 0.717) is 17.3 Å². The lowest BCUT2D eigenvalue weighted by atomic mass is 10.2. The van der Waals surface area contributed by atoms with Crippen LogP contribution in [0.25, 0.3) is 10.1 Å². The largest absolute Gasteiger partial charge is 0.484 e. The van der Waals surface area contributed by atoms with E-state index in [1.807, 2.05) is 25.1 Å². The first-order valence-corrected chi connectivity index (χ1v) is 5.51. The average molecular weight is 228 g/mol. The van der Waals surface area contributed by atoms with Crippen LogP contribution in [0.1, 0.15) is 6.92 Å². The van der Waals surface area contributed by atoms with Crippen molar-refractivity contribution < 1.29 is 4.74 Å². The van der Waals surface area contributed by atoms with E-state index in [9.17, 15) is 0 Å². The number of nitrogen functional groups attached to an aromatic ring is 1. The van der Waals surface area contributed by atoms with Crippen molar-refractivity contribution in [2.75, 3.05) is 12.3 Å². The highest BCUT2D eigenvalue weighted by Crippen LogP contribution is 2.35. The number of ether oxygens (including phenoxy) is 1. The lowest BCUT2D eigenvalue weighted by Gasteiger charge is -1.95. The summed E-state index contributed by atoms with van der Waals surface area (Å²) in [6.07, 6.45) is 0. The number of anilines is 1. The molecule has 0 aliphatic carbocycles. The first kappa shape index (κ1) is 9.62. The van der Waals surface area contributed by atoms with Crippen LogP contribution in [-0.4, -0.2) is 6.61 Å². The molecule has 74 valence electrons. The molecule has 2 aromatic rings. The highest BCUT2D eigenvalue weighted by molar-refractivity contribution is 7.20. The van der Waals surface area contributed by atoms with Gasteiger partial charge in [0.1, 0.15) is 0 Å². The predicted octanol–water partition coefficient (Wildman–Crippen LogP) is 3.54. The highest BCUT2D eigenvalue weighted by Gasteiger charge is 2.05. The third-order valence-corrected chi connectivity index (χ3v) is 3.24. The Morgan fingerprint density at radius 1 is 1.43 bits per heavy atom. The highest BCUT2D eigenvalue weighted by atomic mass is 35.5. The van der Waals surface area contributed by atoms with Gasteiger partial charge in [0.25, 0.3) is 0 Å². The second kappa shape index (κ2) is 3.67. The first-order chi connectivity index (χ1) is 6.70. The van der Waals surface area contributed by atoms with Crippen molar-refractivity contribution in [3.63, 3.8) is 0 Å². The molecule has 0 fully saturated rings. The topological polar surface area (TPSA) is 35.2 Å². The Hall–Kier alpha value is -0.930. The minimum absolute atomic E-state index is 0.599. The Kier molecular flexibility index (Phi) is 2.52. The molecule has 0 amide bonds. The molecular weight excluding hydrogens is 218 g/mol. The summed E-state index contributed by atoms with van der Waals surface area (Å²) in [5.74, 6) is 0. The van der Waals surface area contributed by atoms with Crippen LogP contribution in [0.3, 0.4) is 0 Å². The van der Waals surface area contributed by atoms with Crippen LogP contribution in [0.15, 0.2) is 18.2 Å². The van der Waals surface area contributed by atoms with Crippen LogP contribution in [0.5, 0.6) is 5.06 Å². The van der Waals surface area contributed by atoms with E-state index in [1.165, 1.54) is 0 Å². The Morgan fingerprint density at radius 3 is 2.93 bits per heavy atom. The van der Waals surface area contributed by atoms with Gasteiger partial charge in [0.05, 0.1) is 17.3 Å². The number of thiophene rings is 1. The van der Waals surface area contributed by atoms with E-state index in [1.54, 1.807) is 11.3 Å². The van der Waals surface area contributed by atoms with Gasteiger partial charge in [0.2, 0.25) is 0 Å². The summed E-state index contributed by atoms with van der Waals surface area (Å²) < 4.78 is 6.51. The van der Waals surface area contributed by atoms with Gasteiger partial charge in [0, 0.05) is 4.70 Å². The van der Waals surface area contributed by atoms with Crippen molar-refractivity contribution >= 4 is 38.7 Å². The number of benzene rings is 1. The third-order valence-electron chi connectivity index (χ3n) is 1.90. The molecule has 2 N–H and O–H groups in total. The van der Waals surface area contributed by atoms with E-state index in [-0.39, 0.29) is 0 Å². The molecule has 14 heavy (non-hydrogen) atoms. The minimum Gasteiger partial charge on any atom is -0.484 e. The summed E-state index contributed by atoms with van der Waals surface area (Å²) in [6.45, 7) is 2.64. The summed E-state index contributed by atoms with van der Waals surface area (Å²) in [4.78, 5) is 0. The number of nitrogens with two attached hydrogens (primary N) is 1. The molecule has 0 unspecified atom stereocenters. The molecule has 2 rings (SSSR count). The zero-order valence-electron chi connectivity index (χ0n) is 7.71. The van der Waals surface area contributed by atoms with Gasteiger partial charge in [-0.2, -0.15) is 0 Å². The first-order valence-electron chi connectivity index (χ1n) is 4.32. The molecule has 1 heterocycles. The van der Waals surface area contributed by atoms with Crippen molar-refractivity contribution in [3.05, 3.63) is 23.2 Å². The monoisotopic (exact) mass is 227 g/mol. The smallest absolute Gasteiger partial charge is 0.174 e. The van der Waals surface area contributed by atoms with Gasteiger partial charge in [-0.05, 0) is 30.5 Å². The maximum Gasteiger partial charge on any atom is 0.174 e. The quantitative estimate of drug-likeness (QED) is 0.797. The van der Waals surface area contributed by atoms with Crippen molar-refractivity contribution in [2.24, 2.45) is 0 Å². The Balaban J connectivity index is 2.54. The van der Waals surface area contributed by atoms with Gasteiger partial charge in [-0.1, -0.05) is 22.9 Å². The Labute approximate surface area is 91.2 Å². The maximum absolute atomic E-state index is 5.91. The van der Waals surface area contributed by atoms with Crippen molar-refractivity contribution in [3.8, 4) is 5.06 Å². The van der Waals surface area contributed by atoms with Crippen LogP contribution in [0.4, 0.5) is 5.69 Å². The fourth-order valence-electron chi connectivity index (χ4n) is 1.27. The molecule has 0 radical (unpaired) electrons. The molecule has 0 bridgehead atoms. The minimum atomic E-state index is 0.599. The molecule has 1 aromatic heterocycles. The number of fused-ring (bicyclic) bond motifs is 1. The summed E-state index contributed by atoms with van der Waals surface area (Å²) in [5, 5.41) is 2.59. The van der Waals surface area contributed by atoms with Crippen LogP contribution in [0, 0.1) is 0 Å². The van der Waals surface area contributed by atoms with Crippen LogP contribution >= 0.6 is 22.9 Å². The molecule has 0 aliphatic heterocycles. The van der Waals surface area contributed by atoms with Crippen molar-refractivity contribution in [1.29, 1.82) is 0 Å². The molecular formula is C10H10ClNOS. The van der Waals surface area contributed by atoms with Gasteiger partial charge < -0.3 is 10.5 Å². The lowest BCUT2D eigenvalue weighted by molar-refractivity contribution is 0.350. The average Bonchev–Trinajstić information content (AvgIpc) is 2.48. The molecule has 0 aliphatic rings. The van der Waals surface area contributed by atoms with Crippen LogP contribution < -0.4 is 10.5 Å². The summed E-state index contributed by atoms with van der Waals surface area (Å²) in [5.41, 5.74) is 6.31. The van der Waals surface area contributed by atoms with E-state index in [4.69, 9.17) is 22.1 Å². The zero-order valence-corrected chi connectivity index (χ0v) is 9.28. The second-order valence-corrected chi connectivity index (χ2v) is 4.36. The zero-order chi connectivity index (χ0) is 10.1.